The van der Waals surface area contributed by atoms with Crippen LogP contribution in [0.2, 0.25) is 0 Å². The zero-order valence-electron chi connectivity index (χ0n) is 12.2. The summed E-state index contributed by atoms with van der Waals surface area (Å²) in [7, 11) is 0. The van der Waals surface area contributed by atoms with E-state index in [9.17, 15) is 9.90 Å². The normalized spacial score (nSPS) is 26.6. The van der Waals surface area contributed by atoms with Crippen LogP contribution in [0.25, 0.3) is 0 Å². The van der Waals surface area contributed by atoms with Gasteiger partial charge in [-0.2, -0.15) is 0 Å². The lowest BCUT2D eigenvalue weighted by Crippen LogP contribution is -2.41. The molecule has 1 fully saturated rings. The SMILES string of the molecule is O=C(O)c1cncn1C1c2ccccc2O[C@@H]2CCCCC12. The van der Waals surface area contributed by atoms with E-state index in [0.29, 0.717) is 5.92 Å². The molecule has 0 amide bonds. The van der Waals surface area contributed by atoms with E-state index < -0.39 is 5.97 Å². The minimum absolute atomic E-state index is 0.0103. The van der Waals surface area contributed by atoms with Gasteiger partial charge in [-0.05, 0) is 25.3 Å². The van der Waals surface area contributed by atoms with Gasteiger partial charge in [0, 0.05) is 11.5 Å². The van der Waals surface area contributed by atoms with E-state index in [4.69, 9.17) is 4.74 Å². The lowest BCUT2D eigenvalue weighted by Gasteiger charge is -2.43. The number of carbonyl (C=O) groups is 1. The highest BCUT2D eigenvalue weighted by Gasteiger charge is 2.41. The Morgan fingerprint density at radius 1 is 1.27 bits per heavy atom. The summed E-state index contributed by atoms with van der Waals surface area (Å²) >= 11 is 0. The van der Waals surface area contributed by atoms with Gasteiger partial charge in [-0.15, -0.1) is 0 Å². The smallest absolute Gasteiger partial charge is 0.354 e. The van der Waals surface area contributed by atoms with E-state index in [1.807, 2.05) is 28.8 Å². The van der Waals surface area contributed by atoms with E-state index in [1.54, 1.807) is 6.33 Å². The number of fused-ring (bicyclic) bond motifs is 2. The molecule has 1 aromatic carbocycles. The third kappa shape index (κ3) is 2.00. The van der Waals surface area contributed by atoms with E-state index >= 15 is 0 Å². The predicted molar refractivity (Wildman–Crippen MR) is 80.1 cm³/mol. The molecule has 0 radical (unpaired) electrons. The molecule has 5 heteroatoms. The van der Waals surface area contributed by atoms with Gasteiger partial charge in [-0.25, -0.2) is 9.78 Å². The van der Waals surface area contributed by atoms with Crippen molar-refractivity contribution in [3.8, 4) is 5.75 Å². The highest BCUT2D eigenvalue weighted by molar-refractivity contribution is 5.85. The number of nitrogens with zero attached hydrogens (tertiary/aromatic N) is 2. The molecule has 1 aromatic heterocycles. The van der Waals surface area contributed by atoms with Crippen molar-refractivity contribution >= 4 is 5.97 Å². The Morgan fingerprint density at radius 3 is 2.95 bits per heavy atom. The minimum atomic E-state index is -0.936. The van der Waals surface area contributed by atoms with Crippen LogP contribution in [-0.4, -0.2) is 26.7 Å². The molecule has 114 valence electrons. The summed E-state index contributed by atoms with van der Waals surface area (Å²) in [5.41, 5.74) is 1.30. The average molecular weight is 298 g/mol. The maximum Gasteiger partial charge on any atom is 0.354 e. The molecule has 2 aliphatic rings. The topological polar surface area (TPSA) is 64.3 Å². The third-order valence-electron chi connectivity index (χ3n) is 4.86. The molecule has 22 heavy (non-hydrogen) atoms. The number of aromatic nitrogens is 2. The summed E-state index contributed by atoms with van der Waals surface area (Å²) < 4.78 is 8.00. The van der Waals surface area contributed by atoms with Crippen LogP contribution in [0.1, 0.15) is 47.8 Å². The summed E-state index contributed by atoms with van der Waals surface area (Å²) in [4.78, 5) is 15.6. The van der Waals surface area contributed by atoms with Crippen LogP contribution >= 0.6 is 0 Å². The lowest BCUT2D eigenvalue weighted by atomic mass is 9.76. The number of hydrogen-bond acceptors (Lipinski definition) is 3. The van der Waals surface area contributed by atoms with Gasteiger partial charge in [-0.3, -0.25) is 0 Å². The number of rotatable bonds is 2. The Balaban J connectivity index is 1.87. The van der Waals surface area contributed by atoms with Crippen molar-refractivity contribution in [2.75, 3.05) is 0 Å². The number of aromatic carboxylic acids is 1. The first kappa shape index (κ1) is 13.4. The van der Waals surface area contributed by atoms with Gasteiger partial charge in [0.15, 0.2) is 0 Å². The molecule has 1 N–H and O–H groups in total. The van der Waals surface area contributed by atoms with Crippen molar-refractivity contribution in [2.45, 2.75) is 37.8 Å². The summed E-state index contributed by atoms with van der Waals surface area (Å²) in [6.45, 7) is 0. The van der Waals surface area contributed by atoms with Crippen molar-refractivity contribution in [1.29, 1.82) is 0 Å². The second kappa shape index (κ2) is 5.16. The summed E-state index contributed by atoms with van der Waals surface area (Å²) in [6, 6.07) is 7.95. The van der Waals surface area contributed by atoms with E-state index in [2.05, 4.69) is 4.98 Å². The molecule has 2 aromatic rings. The first-order chi connectivity index (χ1) is 10.8. The Kier molecular flexibility index (Phi) is 3.13. The van der Waals surface area contributed by atoms with Gasteiger partial charge in [0.2, 0.25) is 0 Å². The standard InChI is InChI=1S/C17H18N2O3/c20-17(21)13-9-18-10-19(13)16-11-5-1-3-7-14(11)22-15-8-4-2-6-12(15)16/h1,3,5,7,9-10,12,15-16H,2,4,6,8H2,(H,20,21)/t12?,15-,16?/m1/s1. The highest BCUT2D eigenvalue weighted by atomic mass is 16.5. The van der Waals surface area contributed by atoms with Crippen molar-refractivity contribution in [1.82, 2.24) is 9.55 Å². The molecule has 0 bridgehead atoms. The maximum absolute atomic E-state index is 11.5. The van der Waals surface area contributed by atoms with Crippen LogP contribution in [0.3, 0.4) is 0 Å². The number of para-hydroxylation sites is 1. The second-order valence-corrected chi connectivity index (χ2v) is 6.08. The molecular formula is C17H18N2O3. The molecule has 3 atom stereocenters. The molecular weight excluding hydrogens is 280 g/mol. The third-order valence-corrected chi connectivity index (χ3v) is 4.86. The van der Waals surface area contributed by atoms with Gasteiger partial charge < -0.3 is 14.4 Å². The summed E-state index contributed by atoms with van der Waals surface area (Å²) in [5.74, 6) is 0.241. The monoisotopic (exact) mass is 298 g/mol. The number of carboxylic acid groups (broad SMARTS) is 1. The Bertz CT molecular complexity index is 709. The highest BCUT2D eigenvalue weighted by Crippen LogP contribution is 2.46. The predicted octanol–water partition coefficient (Wildman–Crippen LogP) is 3.12. The molecule has 1 aliphatic heterocycles. The fourth-order valence-electron chi connectivity index (χ4n) is 3.91. The number of ether oxygens (including phenoxy) is 1. The van der Waals surface area contributed by atoms with Crippen LogP contribution in [0, 0.1) is 5.92 Å². The van der Waals surface area contributed by atoms with Gasteiger partial charge in [0.1, 0.15) is 17.5 Å². The first-order valence-electron chi connectivity index (χ1n) is 7.76. The minimum Gasteiger partial charge on any atom is -0.490 e. The number of benzene rings is 1. The van der Waals surface area contributed by atoms with Gasteiger partial charge >= 0.3 is 5.97 Å². The van der Waals surface area contributed by atoms with Crippen molar-refractivity contribution in [3.05, 3.63) is 48.0 Å². The van der Waals surface area contributed by atoms with Crippen LogP contribution in [0.15, 0.2) is 36.8 Å². The molecule has 5 nitrogen and oxygen atoms in total. The Labute approximate surface area is 128 Å². The lowest BCUT2D eigenvalue weighted by molar-refractivity contribution is 0.0453. The zero-order chi connectivity index (χ0) is 15.1. The maximum atomic E-state index is 11.5. The Morgan fingerprint density at radius 2 is 2.09 bits per heavy atom. The Hall–Kier alpha value is -2.30. The number of carboxylic acids is 1. The number of hydrogen-bond donors (Lipinski definition) is 1. The molecule has 4 rings (SSSR count). The molecule has 2 unspecified atom stereocenters. The molecule has 1 aliphatic carbocycles. The van der Waals surface area contributed by atoms with Crippen molar-refractivity contribution < 1.29 is 14.6 Å². The van der Waals surface area contributed by atoms with E-state index in [-0.39, 0.29) is 17.8 Å². The molecule has 0 saturated heterocycles. The first-order valence-corrected chi connectivity index (χ1v) is 7.76. The van der Waals surface area contributed by atoms with Gasteiger partial charge in [0.05, 0.1) is 18.6 Å². The van der Waals surface area contributed by atoms with Crippen LogP contribution in [0.5, 0.6) is 5.75 Å². The van der Waals surface area contributed by atoms with E-state index in [0.717, 1.165) is 24.2 Å². The van der Waals surface area contributed by atoms with Crippen molar-refractivity contribution in [2.24, 2.45) is 5.92 Å². The average Bonchev–Trinajstić information content (AvgIpc) is 3.02. The van der Waals surface area contributed by atoms with Crippen LogP contribution in [-0.2, 0) is 0 Å². The van der Waals surface area contributed by atoms with Crippen LogP contribution < -0.4 is 4.74 Å². The van der Waals surface area contributed by atoms with Crippen LogP contribution in [0.4, 0.5) is 0 Å². The molecule has 1 saturated carbocycles. The summed E-state index contributed by atoms with van der Waals surface area (Å²) in [6.07, 6.45) is 7.66. The number of imidazole rings is 1. The van der Waals surface area contributed by atoms with Gasteiger partial charge in [-0.1, -0.05) is 24.6 Å². The van der Waals surface area contributed by atoms with E-state index in [1.165, 1.54) is 19.0 Å². The van der Waals surface area contributed by atoms with Crippen molar-refractivity contribution in [3.63, 3.8) is 0 Å². The zero-order valence-corrected chi connectivity index (χ0v) is 12.2. The fraction of sp³-hybridized carbons (Fsp3) is 0.412. The largest absolute Gasteiger partial charge is 0.490 e. The quantitative estimate of drug-likeness (QED) is 0.925. The summed E-state index contributed by atoms with van der Waals surface area (Å²) in [5, 5.41) is 9.44. The second-order valence-electron chi connectivity index (χ2n) is 6.08. The molecule has 2 heterocycles. The fourth-order valence-corrected chi connectivity index (χ4v) is 3.91. The van der Waals surface area contributed by atoms with Gasteiger partial charge in [0.25, 0.3) is 0 Å². The molecule has 0 spiro atoms.